The molecule has 0 spiro atoms. The van der Waals surface area contributed by atoms with Crippen LogP contribution in [0.25, 0.3) is 0 Å². The highest BCUT2D eigenvalue weighted by Gasteiger charge is 2.14. The first kappa shape index (κ1) is 20.4. The molecule has 2 aromatic rings. The van der Waals surface area contributed by atoms with Gasteiger partial charge in [-0.2, -0.15) is 0 Å². The molecule has 150 valence electrons. The van der Waals surface area contributed by atoms with Crippen molar-refractivity contribution in [1.29, 1.82) is 0 Å². The molecule has 0 aliphatic carbocycles. The van der Waals surface area contributed by atoms with Gasteiger partial charge in [0.1, 0.15) is 0 Å². The fourth-order valence-electron chi connectivity index (χ4n) is 3.81. The van der Waals surface area contributed by atoms with E-state index >= 15 is 0 Å². The number of hydrogen-bond acceptors (Lipinski definition) is 3. The lowest BCUT2D eigenvalue weighted by atomic mass is 10.1. The van der Waals surface area contributed by atoms with Crippen LogP contribution in [0.4, 0.5) is 5.69 Å². The number of rotatable bonds is 7. The lowest BCUT2D eigenvalue weighted by molar-refractivity contribution is -0.131. The third kappa shape index (κ3) is 5.59. The highest BCUT2D eigenvalue weighted by molar-refractivity contribution is 5.78. The van der Waals surface area contributed by atoms with Crippen molar-refractivity contribution in [3.8, 4) is 0 Å². The van der Waals surface area contributed by atoms with Crippen molar-refractivity contribution in [2.24, 2.45) is 0 Å². The summed E-state index contributed by atoms with van der Waals surface area (Å²) >= 11 is 0. The maximum atomic E-state index is 12.6. The highest BCUT2D eigenvalue weighted by Crippen LogP contribution is 2.20. The first-order chi connectivity index (χ1) is 13.5. The Morgan fingerprint density at radius 1 is 0.929 bits per heavy atom. The standard InChI is InChI=1S/C24H33N3O/c1-20-9-5-6-10-22(20)18-26(3)24(28)19-25(2)17-21-11-13-23(14-12-21)27-15-7-4-8-16-27/h5-6,9-14H,4,7-8,15-19H2,1-3H3. The van der Waals surface area contributed by atoms with Gasteiger partial charge in [0, 0.05) is 38.9 Å². The molecule has 1 amide bonds. The SMILES string of the molecule is Cc1ccccc1CN(C)C(=O)CN(C)Cc1ccc(N2CCCCC2)cc1. The predicted molar refractivity (Wildman–Crippen MR) is 116 cm³/mol. The van der Waals surface area contributed by atoms with E-state index in [4.69, 9.17) is 0 Å². The molecule has 0 saturated carbocycles. The first-order valence-electron chi connectivity index (χ1n) is 10.3. The van der Waals surface area contributed by atoms with E-state index in [9.17, 15) is 4.79 Å². The second-order valence-corrected chi connectivity index (χ2v) is 8.06. The molecule has 1 heterocycles. The third-order valence-corrected chi connectivity index (χ3v) is 5.61. The zero-order chi connectivity index (χ0) is 19.9. The Morgan fingerprint density at radius 2 is 1.61 bits per heavy atom. The van der Waals surface area contributed by atoms with Gasteiger partial charge in [-0.05, 0) is 62.1 Å². The van der Waals surface area contributed by atoms with Gasteiger partial charge in [0.25, 0.3) is 0 Å². The van der Waals surface area contributed by atoms with E-state index in [0.717, 1.165) is 6.54 Å². The van der Waals surface area contributed by atoms with Crippen LogP contribution in [0.3, 0.4) is 0 Å². The van der Waals surface area contributed by atoms with Gasteiger partial charge in [0.15, 0.2) is 0 Å². The molecule has 0 aromatic heterocycles. The van der Waals surface area contributed by atoms with Gasteiger partial charge in [-0.15, -0.1) is 0 Å². The Labute approximate surface area is 169 Å². The molecule has 0 unspecified atom stereocenters. The van der Waals surface area contributed by atoms with E-state index < -0.39 is 0 Å². The number of carbonyl (C=O) groups is 1. The smallest absolute Gasteiger partial charge is 0.236 e. The van der Waals surface area contributed by atoms with E-state index in [1.807, 2.05) is 31.1 Å². The predicted octanol–water partition coefficient (Wildman–Crippen LogP) is 4.08. The molecular formula is C24H33N3O. The molecule has 1 fully saturated rings. The quantitative estimate of drug-likeness (QED) is 0.725. The number of piperidine rings is 1. The minimum Gasteiger partial charge on any atom is -0.372 e. The molecule has 0 N–H and O–H groups in total. The molecule has 1 aliphatic heterocycles. The molecule has 0 bridgehead atoms. The van der Waals surface area contributed by atoms with Crippen LogP contribution < -0.4 is 4.90 Å². The lowest BCUT2D eigenvalue weighted by Crippen LogP contribution is -2.36. The van der Waals surface area contributed by atoms with Gasteiger partial charge in [-0.3, -0.25) is 9.69 Å². The van der Waals surface area contributed by atoms with Crippen LogP contribution in [0.15, 0.2) is 48.5 Å². The minimum atomic E-state index is 0.149. The molecule has 1 saturated heterocycles. The molecule has 3 rings (SSSR count). The summed E-state index contributed by atoms with van der Waals surface area (Å²) in [4.78, 5) is 19.0. The zero-order valence-electron chi connectivity index (χ0n) is 17.5. The van der Waals surface area contributed by atoms with Crippen molar-refractivity contribution in [3.63, 3.8) is 0 Å². The van der Waals surface area contributed by atoms with Crippen molar-refractivity contribution in [3.05, 3.63) is 65.2 Å². The number of benzene rings is 2. The largest absolute Gasteiger partial charge is 0.372 e. The summed E-state index contributed by atoms with van der Waals surface area (Å²) in [7, 11) is 3.90. The van der Waals surface area contributed by atoms with Crippen LogP contribution in [0.2, 0.25) is 0 Å². The Morgan fingerprint density at radius 3 is 2.29 bits per heavy atom. The topological polar surface area (TPSA) is 26.8 Å². The second kappa shape index (κ2) is 9.74. The molecular weight excluding hydrogens is 346 g/mol. The number of hydrogen-bond donors (Lipinski definition) is 0. The van der Waals surface area contributed by atoms with Crippen LogP contribution in [-0.4, -0.2) is 49.4 Å². The van der Waals surface area contributed by atoms with Crippen LogP contribution in [0.1, 0.15) is 36.0 Å². The number of anilines is 1. The number of amides is 1. The number of likely N-dealkylation sites (N-methyl/N-ethyl adjacent to an activating group) is 2. The lowest BCUT2D eigenvalue weighted by Gasteiger charge is -2.29. The fourth-order valence-corrected chi connectivity index (χ4v) is 3.81. The summed E-state index contributed by atoms with van der Waals surface area (Å²) in [5.41, 5.74) is 5.00. The average Bonchev–Trinajstić information content (AvgIpc) is 2.71. The Kier molecular flexibility index (Phi) is 7.10. The van der Waals surface area contributed by atoms with Gasteiger partial charge >= 0.3 is 0 Å². The van der Waals surface area contributed by atoms with Gasteiger partial charge in [0.2, 0.25) is 5.91 Å². The van der Waals surface area contributed by atoms with E-state index in [-0.39, 0.29) is 5.91 Å². The van der Waals surface area contributed by atoms with E-state index in [0.29, 0.717) is 13.1 Å². The van der Waals surface area contributed by atoms with Gasteiger partial charge in [0.05, 0.1) is 6.54 Å². The molecule has 1 aliphatic rings. The van der Waals surface area contributed by atoms with Crippen LogP contribution in [0, 0.1) is 6.92 Å². The summed E-state index contributed by atoms with van der Waals surface area (Å²) in [5, 5.41) is 0. The van der Waals surface area contributed by atoms with E-state index in [2.05, 4.69) is 53.1 Å². The Hall–Kier alpha value is -2.33. The van der Waals surface area contributed by atoms with Crippen molar-refractivity contribution in [2.75, 3.05) is 38.6 Å². The summed E-state index contributed by atoms with van der Waals surface area (Å²) in [6.45, 7) is 6.29. The van der Waals surface area contributed by atoms with Crippen molar-refractivity contribution < 1.29 is 4.79 Å². The van der Waals surface area contributed by atoms with Gasteiger partial charge < -0.3 is 9.80 Å². The number of carbonyl (C=O) groups excluding carboxylic acids is 1. The summed E-state index contributed by atoms with van der Waals surface area (Å²) < 4.78 is 0. The van der Waals surface area contributed by atoms with Crippen molar-refractivity contribution in [2.45, 2.75) is 39.3 Å². The second-order valence-electron chi connectivity index (χ2n) is 8.06. The van der Waals surface area contributed by atoms with Crippen molar-refractivity contribution in [1.82, 2.24) is 9.80 Å². The molecule has 0 atom stereocenters. The number of aryl methyl sites for hydroxylation is 1. The molecule has 4 heteroatoms. The van der Waals surface area contributed by atoms with Gasteiger partial charge in [-0.1, -0.05) is 36.4 Å². The fraction of sp³-hybridized carbons (Fsp3) is 0.458. The summed E-state index contributed by atoms with van der Waals surface area (Å²) in [5.74, 6) is 0.149. The molecule has 28 heavy (non-hydrogen) atoms. The van der Waals surface area contributed by atoms with Crippen LogP contribution in [-0.2, 0) is 17.9 Å². The maximum absolute atomic E-state index is 12.6. The minimum absolute atomic E-state index is 0.149. The van der Waals surface area contributed by atoms with Crippen molar-refractivity contribution >= 4 is 11.6 Å². The zero-order valence-corrected chi connectivity index (χ0v) is 17.5. The Balaban J connectivity index is 1.49. The summed E-state index contributed by atoms with van der Waals surface area (Å²) in [6, 6.07) is 17.1. The Bertz CT molecular complexity index is 766. The highest BCUT2D eigenvalue weighted by atomic mass is 16.2. The van der Waals surface area contributed by atoms with Crippen LogP contribution >= 0.6 is 0 Å². The van der Waals surface area contributed by atoms with E-state index in [1.54, 1.807) is 0 Å². The maximum Gasteiger partial charge on any atom is 0.236 e. The first-order valence-corrected chi connectivity index (χ1v) is 10.3. The number of nitrogens with zero attached hydrogens (tertiary/aromatic N) is 3. The average molecular weight is 380 g/mol. The van der Waals surface area contributed by atoms with E-state index in [1.165, 1.54) is 54.7 Å². The molecule has 0 radical (unpaired) electrons. The normalized spacial score (nSPS) is 14.4. The molecule has 2 aromatic carbocycles. The van der Waals surface area contributed by atoms with Gasteiger partial charge in [-0.25, -0.2) is 0 Å². The third-order valence-electron chi connectivity index (χ3n) is 5.61. The monoisotopic (exact) mass is 379 g/mol. The molecule has 4 nitrogen and oxygen atoms in total. The van der Waals surface area contributed by atoms with Crippen LogP contribution in [0.5, 0.6) is 0 Å². The summed E-state index contributed by atoms with van der Waals surface area (Å²) in [6.07, 6.45) is 3.94.